The Bertz CT molecular complexity index is 844. The van der Waals surface area contributed by atoms with Crippen molar-refractivity contribution in [2.75, 3.05) is 18.9 Å². The maximum Gasteiger partial charge on any atom is 0.291 e. The van der Waals surface area contributed by atoms with Crippen molar-refractivity contribution in [3.8, 4) is 5.75 Å². The molecule has 1 aliphatic rings. The van der Waals surface area contributed by atoms with E-state index in [1.54, 1.807) is 36.2 Å². The van der Waals surface area contributed by atoms with Crippen LogP contribution >= 0.6 is 0 Å². The summed E-state index contributed by atoms with van der Waals surface area (Å²) in [4.78, 5) is 26.5. The van der Waals surface area contributed by atoms with Gasteiger partial charge >= 0.3 is 0 Å². The van der Waals surface area contributed by atoms with Crippen LogP contribution < -0.4 is 10.1 Å². The molecule has 26 heavy (non-hydrogen) atoms. The van der Waals surface area contributed by atoms with Crippen molar-refractivity contribution < 1.29 is 14.3 Å². The first-order valence-electron chi connectivity index (χ1n) is 8.74. The van der Waals surface area contributed by atoms with E-state index in [1.807, 2.05) is 30.3 Å². The highest BCUT2D eigenvalue weighted by Crippen LogP contribution is 2.32. The maximum absolute atomic E-state index is 12.5. The summed E-state index contributed by atoms with van der Waals surface area (Å²) in [5.41, 5.74) is 1.92. The molecule has 0 fully saturated rings. The predicted molar refractivity (Wildman–Crippen MR) is 102 cm³/mol. The van der Waals surface area contributed by atoms with Gasteiger partial charge in [0.05, 0.1) is 5.69 Å². The second kappa shape index (κ2) is 7.87. The van der Waals surface area contributed by atoms with Gasteiger partial charge in [-0.05, 0) is 36.3 Å². The minimum Gasteiger partial charge on any atom is -0.449 e. The average molecular weight is 350 g/mol. The Morgan fingerprint density at radius 1 is 1.19 bits per heavy atom. The van der Waals surface area contributed by atoms with Crippen LogP contribution in [0.2, 0.25) is 0 Å². The molecule has 5 nitrogen and oxygen atoms in total. The van der Waals surface area contributed by atoms with Crippen molar-refractivity contribution >= 4 is 23.6 Å². The zero-order valence-corrected chi connectivity index (χ0v) is 15.0. The minimum absolute atomic E-state index is 0.0684. The van der Waals surface area contributed by atoms with Gasteiger partial charge in [0.15, 0.2) is 11.5 Å². The number of amides is 2. The molecule has 0 spiro atoms. The number of hydrogen-bond donors (Lipinski definition) is 1. The molecule has 0 saturated heterocycles. The molecule has 1 N–H and O–H groups in total. The molecule has 2 aromatic rings. The van der Waals surface area contributed by atoms with Crippen molar-refractivity contribution in [1.82, 2.24) is 4.90 Å². The zero-order chi connectivity index (χ0) is 18.5. The Morgan fingerprint density at radius 3 is 2.69 bits per heavy atom. The van der Waals surface area contributed by atoms with Gasteiger partial charge in [0.2, 0.25) is 0 Å². The molecule has 0 unspecified atom stereocenters. The van der Waals surface area contributed by atoms with E-state index >= 15 is 0 Å². The fraction of sp³-hybridized carbons (Fsp3) is 0.238. The Balaban J connectivity index is 1.80. The first kappa shape index (κ1) is 17.7. The molecule has 1 heterocycles. The molecule has 0 saturated carbocycles. The Kier molecular flexibility index (Phi) is 5.37. The molecule has 134 valence electrons. The second-order valence-corrected chi connectivity index (χ2v) is 6.27. The Morgan fingerprint density at radius 2 is 1.96 bits per heavy atom. The summed E-state index contributed by atoms with van der Waals surface area (Å²) in [6, 6.07) is 14.6. The van der Waals surface area contributed by atoms with Crippen molar-refractivity contribution in [3.63, 3.8) is 0 Å². The number of nitrogens with zero attached hydrogens (tertiary/aromatic N) is 1. The number of benzene rings is 2. The molecule has 2 amide bonds. The number of carbonyl (C=O) groups is 2. The minimum atomic E-state index is -0.328. The van der Waals surface area contributed by atoms with Crippen molar-refractivity contribution in [1.29, 1.82) is 0 Å². The number of hydrogen-bond acceptors (Lipinski definition) is 3. The smallest absolute Gasteiger partial charge is 0.291 e. The van der Waals surface area contributed by atoms with E-state index in [-0.39, 0.29) is 17.6 Å². The zero-order valence-electron chi connectivity index (χ0n) is 15.0. The van der Waals surface area contributed by atoms with E-state index in [0.29, 0.717) is 23.5 Å². The van der Waals surface area contributed by atoms with Gasteiger partial charge in [0.1, 0.15) is 0 Å². The number of ether oxygens (including phenoxy) is 1. The number of nitrogens with one attached hydrogen (secondary N) is 1. The molecule has 5 heteroatoms. The summed E-state index contributed by atoms with van der Waals surface area (Å²) in [5, 5.41) is 2.80. The second-order valence-electron chi connectivity index (χ2n) is 6.27. The van der Waals surface area contributed by atoms with Crippen LogP contribution in [0.5, 0.6) is 5.75 Å². The summed E-state index contributed by atoms with van der Waals surface area (Å²) in [6.07, 6.45) is 3.68. The van der Waals surface area contributed by atoms with E-state index in [0.717, 1.165) is 18.4 Å². The molecule has 0 aromatic heterocycles. The van der Waals surface area contributed by atoms with Gasteiger partial charge in [-0.1, -0.05) is 43.7 Å². The van der Waals surface area contributed by atoms with Gasteiger partial charge < -0.3 is 15.0 Å². The molecule has 0 bridgehead atoms. The average Bonchev–Trinajstić information content (AvgIpc) is 2.66. The highest BCUT2D eigenvalue weighted by molar-refractivity contribution is 6.09. The maximum atomic E-state index is 12.5. The van der Waals surface area contributed by atoms with Gasteiger partial charge in [0, 0.05) is 19.2 Å². The summed E-state index contributed by atoms with van der Waals surface area (Å²) in [7, 11) is 1.78. The number of rotatable bonds is 5. The molecular weight excluding hydrogens is 328 g/mol. The predicted octanol–water partition coefficient (Wildman–Crippen LogP) is 3.93. The third-order valence-electron chi connectivity index (χ3n) is 4.21. The van der Waals surface area contributed by atoms with Gasteiger partial charge in [-0.25, -0.2) is 0 Å². The van der Waals surface area contributed by atoms with Crippen molar-refractivity contribution in [2.45, 2.75) is 19.8 Å². The molecule has 1 aliphatic heterocycles. The van der Waals surface area contributed by atoms with Gasteiger partial charge in [-0.3, -0.25) is 9.59 Å². The summed E-state index contributed by atoms with van der Waals surface area (Å²) in [5.74, 6) is 0.355. The van der Waals surface area contributed by atoms with E-state index in [9.17, 15) is 9.59 Å². The standard InChI is InChI=1S/C21H22N2O3/c1-3-4-12-23(2)21(25)16-10-11-18-17(14-16)22-20(24)19(26-18)13-15-8-6-5-7-9-15/h5-11,13-14H,3-4,12H2,1-2H3,(H,22,24). The summed E-state index contributed by atoms with van der Waals surface area (Å²) in [6.45, 7) is 2.80. The molecular formula is C21H22N2O3. The van der Waals surface area contributed by atoms with Gasteiger partial charge in [0.25, 0.3) is 11.8 Å². The first-order chi connectivity index (χ1) is 12.6. The third kappa shape index (κ3) is 3.94. The molecule has 0 aliphatic carbocycles. The lowest BCUT2D eigenvalue weighted by Crippen LogP contribution is -2.28. The van der Waals surface area contributed by atoms with Gasteiger partial charge in [-0.15, -0.1) is 0 Å². The highest BCUT2D eigenvalue weighted by Gasteiger charge is 2.23. The number of fused-ring (bicyclic) bond motifs is 1. The summed E-state index contributed by atoms with van der Waals surface area (Å²) >= 11 is 0. The van der Waals surface area contributed by atoms with Crippen LogP contribution in [-0.4, -0.2) is 30.3 Å². The largest absolute Gasteiger partial charge is 0.449 e. The lowest BCUT2D eigenvalue weighted by molar-refractivity contribution is -0.115. The molecule has 2 aromatic carbocycles. The van der Waals surface area contributed by atoms with Crippen LogP contribution in [0.3, 0.4) is 0 Å². The fourth-order valence-corrected chi connectivity index (χ4v) is 2.71. The van der Waals surface area contributed by atoms with E-state index in [2.05, 4.69) is 12.2 Å². The van der Waals surface area contributed by atoms with Crippen molar-refractivity contribution in [3.05, 3.63) is 65.4 Å². The first-order valence-corrected chi connectivity index (χ1v) is 8.74. The fourth-order valence-electron chi connectivity index (χ4n) is 2.71. The van der Waals surface area contributed by atoms with Crippen LogP contribution in [0.25, 0.3) is 6.08 Å². The highest BCUT2D eigenvalue weighted by atomic mass is 16.5. The molecule has 3 rings (SSSR count). The SMILES string of the molecule is CCCCN(C)C(=O)c1ccc2c(c1)NC(=O)C(=Cc1ccccc1)O2. The van der Waals surface area contributed by atoms with Crippen LogP contribution in [0, 0.1) is 0 Å². The van der Waals surface area contributed by atoms with Crippen LogP contribution in [0.4, 0.5) is 5.69 Å². The third-order valence-corrected chi connectivity index (χ3v) is 4.21. The lowest BCUT2D eigenvalue weighted by Gasteiger charge is -2.22. The molecule has 0 atom stereocenters. The van der Waals surface area contributed by atoms with Crippen LogP contribution in [-0.2, 0) is 4.79 Å². The number of unbranched alkanes of at least 4 members (excludes halogenated alkanes) is 1. The van der Waals surface area contributed by atoms with Gasteiger partial charge in [-0.2, -0.15) is 0 Å². The summed E-state index contributed by atoms with van der Waals surface area (Å²) < 4.78 is 5.73. The van der Waals surface area contributed by atoms with E-state index in [4.69, 9.17) is 4.74 Å². The van der Waals surface area contributed by atoms with E-state index in [1.165, 1.54) is 0 Å². The van der Waals surface area contributed by atoms with Crippen molar-refractivity contribution in [2.24, 2.45) is 0 Å². The lowest BCUT2D eigenvalue weighted by atomic mass is 10.1. The number of anilines is 1. The Labute approximate surface area is 153 Å². The van der Waals surface area contributed by atoms with Crippen LogP contribution in [0.1, 0.15) is 35.7 Å². The number of carbonyl (C=O) groups excluding carboxylic acids is 2. The Hall–Kier alpha value is -3.08. The monoisotopic (exact) mass is 350 g/mol. The van der Waals surface area contributed by atoms with Crippen LogP contribution in [0.15, 0.2) is 54.3 Å². The molecule has 0 radical (unpaired) electrons. The van der Waals surface area contributed by atoms with E-state index < -0.39 is 0 Å². The topological polar surface area (TPSA) is 58.6 Å². The quantitative estimate of drug-likeness (QED) is 0.831. The normalized spacial score (nSPS) is 14.4.